The third-order valence-electron chi connectivity index (χ3n) is 6.15. The monoisotopic (exact) mass is 431 g/mol. The van der Waals surface area contributed by atoms with E-state index in [-0.39, 0.29) is 7.05 Å². The highest BCUT2D eigenvalue weighted by molar-refractivity contribution is 6.49. The summed E-state index contributed by atoms with van der Waals surface area (Å²) < 4.78 is 8.71. The number of nitrogens with zero attached hydrogens (tertiary/aromatic N) is 1. The molecule has 1 aromatic heterocycles. The lowest BCUT2D eigenvalue weighted by Crippen LogP contribution is -2.28. The fraction of sp³-hybridized carbons (Fsp3) is 0.448. The maximum absolute atomic E-state index is 6.33. The summed E-state index contributed by atoms with van der Waals surface area (Å²) in [5.74, 6) is 0. The largest absolute Gasteiger partial charge is 0.416 e. The van der Waals surface area contributed by atoms with Gasteiger partial charge < -0.3 is 9.13 Å². The van der Waals surface area contributed by atoms with Crippen LogP contribution >= 0.6 is 0 Å². The Balaban J connectivity index is 2.59. The average Bonchev–Trinajstić information content (AvgIpc) is 3.02. The van der Waals surface area contributed by atoms with Gasteiger partial charge in [-0.15, -0.1) is 0 Å². The first kappa shape index (κ1) is 26.0. The number of aromatic nitrogens is 1. The van der Waals surface area contributed by atoms with Crippen LogP contribution in [0.5, 0.6) is 0 Å². The van der Waals surface area contributed by atoms with Crippen molar-refractivity contribution >= 4 is 12.6 Å². The second-order valence-corrected chi connectivity index (χ2v) is 9.26. The molecule has 0 fully saturated rings. The quantitative estimate of drug-likeness (QED) is 0.198. The summed E-state index contributed by atoms with van der Waals surface area (Å²) in [6.07, 6.45) is 7.05. The molecular formula is C29H42BNO. The molecule has 0 bridgehead atoms. The maximum atomic E-state index is 6.33. The molecule has 172 valence electrons. The zero-order valence-corrected chi connectivity index (χ0v) is 21.6. The van der Waals surface area contributed by atoms with Crippen molar-refractivity contribution in [1.82, 2.24) is 4.48 Å². The molecule has 0 saturated heterocycles. The van der Waals surface area contributed by atoms with Crippen LogP contribution in [0.15, 0.2) is 59.7 Å². The number of hydrogen-bond donors (Lipinski definition) is 0. The van der Waals surface area contributed by atoms with Gasteiger partial charge in [-0.05, 0) is 83.1 Å². The minimum Gasteiger partial charge on any atom is -0.416 e. The van der Waals surface area contributed by atoms with Crippen molar-refractivity contribution in [1.29, 1.82) is 0 Å². The summed E-state index contributed by atoms with van der Waals surface area (Å²) in [5, 5.41) is 0. The number of rotatable bonds is 11. The van der Waals surface area contributed by atoms with Gasteiger partial charge in [-0.25, -0.2) is 0 Å². The van der Waals surface area contributed by atoms with E-state index < -0.39 is 0 Å². The van der Waals surface area contributed by atoms with E-state index in [1.807, 2.05) is 0 Å². The van der Waals surface area contributed by atoms with Crippen LogP contribution in [0.2, 0.25) is 6.82 Å². The first-order valence-corrected chi connectivity index (χ1v) is 12.1. The van der Waals surface area contributed by atoms with Crippen LogP contribution < -0.4 is 0 Å². The molecule has 0 aliphatic rings. The summed E-state index contributed by atoms with van der Waals surface area (Å²) in [6, 6.07) is 11.2. The third kappa shape index (κ3) is 6.62. The summed E-state index contributed by atoms with van der Waals surface area (Å²) in [4.78, 5) is 0. The lowest BCUT2D eigenvalue weighted by atomic mass is 9.83. The van der Waals surface area contributed by atoms with Gasteiger partial charge in [-0.1, -0.05) is 74.2 Å². The number of benzene rings is 1. The van der Waals surface area contributed by atoms with Crippen molar-refractivity contribution in [2.45, 2.75) is 81.0 Å². The molecule has 0 atom stereocenters. The van der Waals surface area contributed by atoms with E-state index in [0.29, 0.717) is 0 Å². The van der Waals surface area contributed by atoms with Crippen molar-refractivity contribution < 1.29 is 4.65 Å². The van der Waals surface area contributed by atoms with Crippen LogP contribution in [0, 0.1) is 20.8 Å². The number of allylic oxidation sites excluding steroid dienone is 4. The van der Waals surface area contributed by atoms with Crippen molar-refractivity contribution in [3.05, 3.63) is 87.8 Å². The second-order valence-electron chi connectivity index (χ2n) is 9.26. The molecular weight excluding hydrogens is 389 g/mol. The molecule has 0 spiro atoms. The van der Waals surface area contributed by atoms with Crippen molar-refractivity contribution in [2.24, 2.45) is 0 Å². The van der Waals surface area contributed by atoms with Crippen LogP contribution in [-0.4, -0.2) is 18.1 Å². The second kappa shape index (κ2) is 12.1. The van der Waals surface area contributed by atoms with Gasteiger partial charge in [0.2, 0.25) is 0 Å². The topological polar surface area (TPSA) is 14.2 Å². The van der Waals surface area contributed by atoms with Gasteiger partial charge in [0.15, 0.2) is 0 Å². The van der Waals surface area contributed by atoms with Crippen LogP contribution in [0.1, 0.15) is 81.5 Å². The minimum atomic E-state index is -0.0148. The Morgan fingerprint density at radius 1 is 1.03 bits per heavy atom. The molecule has 0 radical (unpaired) electrons. The summed E-state index contributed by atoms with van der Waals surface area (Å²) in [6.45, 7) is 22.3. The first-order valence-electron chi connectivity index (χ1n) is 12.1. The number of hydrogen-bond acceptors (Lipinski definition) is 1. The highest BCUT2D eigenvalue weighted by atomic mass is 16.4. The molecule has 3 heteroatoms. The smallest absolute Gasteiger partial charge is 0.416 e. The van der Waals surface area contributed by atoms with Gasteiger partial charge in [0.05, 0.1) is 0 Å². The van der Waals surface area contributed by atoms with E-state index in [2.05, 4.69) is 103 Å². The van der Waals surface area contributed by atoms with Crippen LogP contribution in [0.3, 0.4) is 0 Å². The normalized spacial score (nSPS) is 12.7. The lowest BCUT2D eigenvalue weighted by molar-refractivity contribution is 0.303. The van der Waals surface area contributed by atoms with E-state index >= 15 is 0 Å². The molecule has 0 unspecified atom stereocenters. The molecule has 0 aliphatic carbocycles. The van der Waals surface area contributed by atoms with Crippen LogP contribution in [-0.2, 0) is 4.65 Å². The van der Waals surface area contributed by atoms with Crippen molar-refractivity contribution in [3.63, 3.8) is 0 Å². The average molecular weight is 431 g/mol. The third-order valence-corrected chi connectivity index (χ3v) is 6.15. The van der Waals surface area contributed by atoms with Gasteiger partial charge in [0.25, 0.3) is 0 Å². The SMILES string of the molecule is C=C(C)/C=C(C)\C(C)=C(/c1ccc(C)cc1)c1c(C)cc(C)n1B(C)OCCCCCC. The molecule has 2 rings (SSSR count). The van der Waals surface area contributed by atoms with Gasteiger partial charge in [-0.3, -0.25) is 0 Å². The highest BCUT2D eigenvalue weighted by Gasteiger charge is 2.24. The minimum absolute atomic E-state index is 0.0148. The Morgan fingerprint density at radius 3 is 2.28 bits per heavy atom. The molecule has 32 heavy (non-hydrogen) atoms. The Hall–Kier alpha value is -2.26. The molecule has 1 aromatic carbocycles. The van der Waals surface area contributed by atoms with Gasteiger partial charge in [-0.2, -0.15) is 0 Å². The van der Waals surface area contributed by atoms with E-state index in [1.54, 1.807) is 0 Å². The molecule has 0 amide bonds. The standard InChI is InChI=1S/C29H42BNO/c1-10-11-12-13-18-32-30(9)31-25(7)20-24(6)29(31)28(26(8)23(5)19-21(2)3)27-16-14-22(4)15-17-27/h14-17,19-20H,2,10-13,18H2,1,3-9H3/b23-19-,28-26+. The highest BCUT2D eigenvalue weighted by Crippen LogP contribution is 2.34. The fourth-order valence-corrected chi connectivity index (χ4v) is 4.39. The Kier molecular flexibility index (Phi) is 9.84. The van der Waals surface area contributed by atoms with Crippen molar-refractivity contribution in [3.8, 4) is 0 Å². The summed E-state index contributed by atoms with van der Waals surface area (Å²) >= 11 is 0. The zero-order valence-electron chi connectivity index (χ0n) is 21.6. The molecule has 0 saturated carbocycles. The number of unbranched alkanes of at least 4 members (excludes halogenated alkanes) is 3. The first-order chi connectivity index (χ1) is 15.2. The van der Waals surface area contributed by atoms with E-state index in [0.717, 1.165) is 18.6 Å². The fourth-order valence-electron chi connectivity index (χ4n) is 4.39. The molecule has 1 heterocycles. The van der Waals surface area contributed by atoms with Crippen LogP contribution in [0.4, 0.5) is 0 Å². The predicted molar refractivity (Wildman–Crippen MR) is 142 cm³/mol. The Bertz CT molecular complexity index is 975. The molecule has 0 N–H and O–H groups in total. The van der Waals surface area contributed by atoms with Crippen molar-refractivity contribution in [2.75, 3.05) is 6.61 Å². The molecule has 0 aliphatic heterocycles. The summed E-state index contributed by atoms with van der Waals surface area (Å²) in [5.41, 5.74) is 11.1. The van der Waals surface area contributed by atoms with Crippen LogP contribution in [0.25, 0.3) is 5.57 Å². The number of aryl methyl sites for hydroxylation is 3. The Labute approximate surface area is 197 Å². The maximum Gasteiger partial charge on any atom is 0.416 e. The van der Waals surface area contributed by atoms with E-state index in [9.17, 15) is 0 Å². The zero-order chi connectivity index (χ0) is 23.8. The van der Waals surface area contributed by atoms with E-state index in [1.165, 1.54) is 64.1 Å². The lowest BCUT2D eigenvalue weighted by Gasteiger charge is -2.22. The van der Waals surface area contributed by atoms with Gasteiger partial charge in [0.1, 0.15) is 0 Å². The van der Waals surface area contributed by atoms with Gasteiger partial charge >= 0.3 is 7.05 Å². The summed E-state index contributed by atoms with van der Waals surface area (Å²) in [7, 11) is -0.0148. The Morgan fingerprint density at radius 2 is 1.69 bits per heavy atom. The predicted octanol–water partition coefficient (Wildman–Crippen LogP) is 8.32. The van der Waals surface area contributed by atoms with Gasteiger partial charge in [0, 0.05) is 23.6 Å². The van der Waals surface area contributed by atoms with E-state index in [4.69, 9.17) is 4.65 Å². The molecule has 2 aromatic rings. The molecule has 2 nitrogen and oxygen atoms in total.